The summed E-state index contributed by atoms with van der Waals surface area (Å²) in [6.45, 7) is -0.596. The summed E-state index contributed by atoms with van der Waals surface area (Å²) in [5.74, 6) is 0. The van der Waals surface area contributed by atoms with Crippen molar-refractivity contribution in [3.8, 4) is 0 Å². The third-order valence-corrected chi connectivity index (χ3v) is 6.10. The maximum Gasteiger partial charge on any atom is 0.401 e. The van der Waals surface area contributed by atoms with Crippen molar-refractivity contribution in [2.75, 3.05) is 32.7 Å². The lowest BCUT2D eigenvalue weighted by Gasteiger charge is -2.33. The van der Waals surface area contributed by atoms with E-state index in [0.29, 0.717) is 0 Å². The molecule has 1 aliphatic heterocycles. The molecule has 0 spiro atoms. The number of sulfonamides is 1. The number of thiophene rings is 1. The molecule has 2 heterocycles. The van der Waals surface area contributed by atoms with Crippen LogP contribution in [0.1, 0.15) is 0 Å². The van der Waals surface area contributed by atoms with E-state index in [0.717, 1.165) is 11.3 Å². The summed E-state index contributed by atoms with van der Waals surface area (Å²) in [7, 11) is -3.54. The highest BCUT2D eigenvalue weighted by Crippen LogP contribution is 2.23. The van der Waals surface area contributed by atoms with Crippen LogP contribution in [0.15, 0.2) is 21.7 Å². The van der Waals surface area contributed by atoms with Crippen LogP contribution < -0.4 is 0 Å². The molecule has 0 aliphatic carbocycles. The van der Waals surface area contributed by atoms with Crippen molar-refractivity contribution in [3.05, 3.63) is 17.5 Å². The SMILES string of the molecule is O=S(=O)(c1cccs1)N1CCN(CC(F)(F)F)CC1. The van der Waals surface area contributed by atoms with E-state index in [-0.39, 0.29) is 30.4 Å². The predicted octanol–water partition coefficient (Wildman–Crippen LogP) is 1.62. The molecular weight excluding hydrogens is 301 g/mol. The monoisotopic (exact) mass is 314 g/mol. The quantitative estimate of drug-likeness (QED) is 0.851. The lowest BCUT2D eigenvalue weighted by Crippen LogP contribution is -2.50. The Hall–Kier alpha value is -0.640. The zero-order valence-electron chi connectivity index (χ0n) is 9.93. The molecule has 0 radical (unpaired) electrons. The normalized spacial score (nSPS) is 19.7. The first-order valence-corrected chi connectivity index (χ1v) is 7.94. The average Bonchev–Trinajstić information content (AvgIpc) is 2.81. The first-order valence-electron chi connectivity index (χ1n) is 5.62. The third-order valence-electron chi connectivity index (χ3n) is 2.82. The van der Waals surface area contributed by atoms with Gasteiger partial charge in [0.1, 0.15) is 4.21 Å². The minimum atomic E-state index is -4.24. The maximum atomic E-state index is 12.2. The minimum absolute atomic E-state index is 0.0936. The molecule has 0 saturated carbocycles. The first-order chi connectivity index (χ1) is 8.79. The van der Waals surface area contributed by atoms with Gasteiger partial charge in [-0.05, 0) is 11.4 Å². The number of alkyl halides is 3. The number of nitrogens with zero attached hydrogens (tertiary/aromatic N) is 2. The highest BCUT2D eigenvalue weighted by molar-refractivity contribution is 7.91. The molecule has 0 unspecified atom stereocenters. The fourth-order valence-electron chi connectivity index (χ4n) is 1.92. The Morgan fingerprint density at radius 2 is 1.84 bits per heavy atom. The molecule has 1 fully saturated rings. The van der Waals surface area contributed by atoms with Crippen LogP contribution in [0.25, 0.3) is 0 Å². The second kappa shape index (κ2) is 5.39. The Kier molecular flexibility index (Phi) is 4.19. The second-order valence-electron chi connectivity index (χ2n) is 4.23. The fraction of sp³-hybridized carbons (Fsp3) is 0.600. The van der Waals surface area contributed by atoms with Crippen molar-refractivity contribution in [1.29, 1.82) is 0 Å². The van der Waals surface area contributed by atoms with Crippen LogP contribution in [0.2, 0.25) is 0 Å². The van der Waals surface area contributed by atoms with Crippen molar-refractivity contribution in [2.45, 2.75) is 10.4 Å². The van der Waals surface area contributed by atoms with Gasteiger partial charge < -0.3 is 0 Å². The van der Waals surface area contributed by atoms with Gasteiger partial charge in [-0.15, -0.1) is 11.3 Å². The van der Waals surface area contributed by atoms with E-state index >= 15 is 0 Å². The summed E-state index contributed by atoms with van der Waals surface area (Å²) in [6, 6.07) is 3.14. The lowest BCUT2D eigenvalue weighted by atomic mass is 10.3. The fourth-order valence-corrected chi connectivity index (χ4v) is 4.49. The van der Waals surface area contributed by atoms with Gasteiger partial charge in [0.05, 0.1) is 6.54 Å². The van der Waals surface area contributed by atoms with Crippen LogP contribution in [-0.4, -0.2) is 56.5 Å². The Bertz CT molecular complexity index is 505. The van der Waals surface area contributed by atoms with Crippen LogP contribution >= 0.6 is 11.3 Å². The van der Waals surface area contributed by atoms with Crippen molar-refractivity contribution < 1.29 is 21.6 Å². The van der Waals surface area contributed by atoms with Crippen molar-refractivity contribution in [2.24, 2.45) is 0 Å². The smallest absolute Gasteiger partial charge is 0.292 e. The second-order valence-corrected chi connectivity index (χ2v) is 7.34. The van der Waals surface area contributed by atoms with Gasteiger partial charge in [0.2, 0.25) is 0 Å². The third kappa shape index (κ3) is 3.68. The molecule has 1 aliphatic rings. The molecule has 0 bridgehead atoms. The molecule has 4 nitrogen and oxygen atoms in total. The Morgan fingerprint density at radius 1 is 1.21 bits per heavy atom. The number of piperazine rings is 1. The largest absolute Gasteiger partial charge is 0.401 e. The van der Waals surface area contributed by atoms with Crippen LogP contribution in [-0.2, 0) is 10.0 Å². The summed E-state index contributed by atoms with van der Waals surface area (Å²) in [5.41, 5.74) is 0. The van der Waals surface area contributed by atoms with Gasteiger partial charge >= 0.3 is 6.18 Å². The van der Waals surface area contributed by atoms with Crippen molar-refractivity contribution in [1.82, 2.24) is 9.21 Å². The van der Waals surface area contributed by atoms with Crippen LogP contribution in [0, 0.1) is 0 Å². The Labute approximate surface area is 113 Å². The molecule has 0 amide bonds. The van der Waals surface area contributed by atoms with Crippen molar-refractivity contribution >= 4 is 21.4 Å². The van der Waals surface area contributed by atoms with E-state index in [1.807, 2.05) is 0 Å². The Balaban J connectivity index is 1.97. The zero-order chi connectivity index (χ0) is 14.1. The summed E-state index contributed by atoms with van der Waals surface area (Å²) >= 11 is 1.11. The minimum Gasteiger partial charge on any atom is -0.292 e. The lowest BCUT2D eigenvalue weighted by molar-refractivity contribution is -0.148. The molecule has 0 atom stereocenters. The number of halogens is 3. The van der Waals surface area contributed by atoms with Crippen LogP contribution in [0.5, 0.6) is 0 Å². The van der Waals surface area contributed by atoms with Crippen LogP contribution in [0.3, 0.4) is 0 Å². The molecule has 1 saturated heterocycles. The summed E-state index contributed by atoms with van der Waals surface area (Å²) < 4.78 is 62.4. The van der Waals surface area contributed by atoms with Gasteiger partial charge in [0, 0.05) is 26.2 Å². The highest BCUT2D eigenvalue weighted by atomic mass is 32.2. The van der Waals surface area contributed by atoms with E-state index in [2.05, 4.69) is 0 Å². The molecule has 0 aromatic carbocycles. The molecule has 2 rings (SSSR count). The standard InChI is InChI=1S/C10H13F3N2O2S2/c11-10(12,13)8-14-3-5-15(6-4-14)19(16,17)9-2-1-7-18-9/h1-2,7H,3-6,8H2. The number of rotatable bonds is 3. The molecule has 0 N–H and O–H groups in total. The van der Waals surface area contributed by atoms with E-state index in [4.69, 9.17) is 0 Å². The Morgan fingerprint density at radius 3 is 2.32 bits per heavy atom. The molecule has 108 valence electrons. The predicted molar refractivity (Wildman–Crippen MR) is 65.6 cm³/mol. The zero-order valence-corrected chi connectivity index (χ0v) is 11.6. The highest BCUT2D eigenvalue weighted by Gasteiger charge is 2.34. The van der Waals surface area contributed by atoms with Gasteiger partial charge in [-0.2, -0.15) is 17.5 Å². The first kappa shape index (κ1) is 14.8. The average molecular weight is 314 g/mol. The van der Waals surface area contributed by atoms with Gasteiger partial charge in [0.25, 0.3) is 10.0 Å². The van der Waals surface area contributed by atoms with E-state index in [1.54, 1.807) is 11.4 Å². The van der Waals surface area contributed by atoms with E-state index < -0.39 is 22.7 Å². The van der Waals surface area contributed by atoms with Crippen molar-refractivity contribution in [3.63, 3.8) is 0 Å². The summed E-state index contributed by atoms with van der Waals surface area (Å²) in [4.78, 5) is 1.22. The maximum absolute atomic E-state index is 12.2. The topological polar surface area (TPSA) is 40.6 Å². The molecule has 1 aromatic rings. The van der Waals surface area contributed by atoms with E-state index in [9.17, 15) is 21.6 Å². The summed E-state index contributed by atoms with van der Waals surface area (Å²) in [6.07, 6.45) is -4.24. The molecule has 1 aromatic heterocycles. The van der Waals surface area contributed by atoms with Crippen LogP contribution in [0.4, 0.5) is 13.2 Å². The van der Waals surface area contributed by atoms with Gasteiger partial charge in [-0.3, -0.25) is 4.90 Å². The summed E-state index contributed by atoms with van der Waals surface area (Å²) in [5, 5.41) is 1.66. The molecule has 19 heavy (non-hydrogen) atoms. The van der Waals surface area contributed by atoms with Gasteiger partial charge in [0.15, 0.2) is 0 Å². The molecule has 9 heteroatoms. The van der Waals surface area contributed by atoms with E-state index in [1.165, 1.54) is 15.3 Å². The van der Waals surface area contributed by atoms with Gasteiger partial charge in [-0.25, -0.2) is 8.42 Å². The number of hydrogen-bond acceptors (Lipinski definition) is 4. The van der Waals surface area contributed by atoms with Gasteiger partial charge in [-0.1, -0.05) is 6.07 Å². The number of hydrogen-bond donors (Lipinski definition) is 0. The molecular formula is C10H13F3N2O2S2.